The van der Waals surface area contributed by atoms with Crippen LogP contribution in [0.15, 0.2) is 51.8 Å². The Kier molecular flexibility index (Phi) is 4.75. The van der Waals surface area contributed by atoms with Gasteiger partial charge in [-0.1, -0.05) is 28.1 Å². The number of benzene rings is 2. The summed E-state index contributed by atoms with van der Waals surface area (Å²) in [6, 6.07) is 9.44. The molecule has 0 fully saturated rings. The maximum atomic E-state index is 13.6. The van der Waals surface area contributed by atoms with Crippen LogP contribution in [-0.2, 0) is 16.6 Å². The molecular formula is C14H12BrF2NO2S. The molecule has 0 amide bonds. The predicted molar refractivity (Wildman–Crippen MR) is 79.2 cm³/mol. The fourth-order valence-corrected chi connectivity index (χ4v) is 3.50. The van der Waals surface area contributed by atoms with Gasteiger partial charge in [0.2, 0.25) is 10.0 Å². The van der Waals surface area contributed by atoms with Crippen molar-refractivity contribution in [1.82, 2.24) is 4.31 Å². The summed E-state index contributed by atoms with van der Waals surface area (Å²) in [6.45, 7) is 0.0533. The van der Waals surface area contributed by atoms with E-state index in [9.17, 15) is 17.2 Å². The third-order valence-corrected chi connectivity index (χ3v) is 5.19. The Morgan fingerprint density at radius 3 is 2.52 bits per heavy atom. The van der Waals surface area contributed by atoms with Crippen LogP contribution >= 0.6 is 15.9 Å². The first-order valence-corrected chi connectivity index (χ1v) is 8.20. The van der Waals surface area contributed by atoms with E-state index in [1.807, 2.05) is 6.07 Å². The smallest absolute Gasteiger partial charge is 0.207 e. The van der Waals surface area contributed by atoms with Gasteiger partial charge in [-0.25, -0.2) is 17.2 Å². The standard InChI is InChI=1S/C14H12BrF2NO2S/c1-18(9-10-3-2-4-11(15)7-10)21(19,20)14-8-12(16)5-6-13(14)17/h2-8H,9H2,1H3. The van der Waals surface area contributed by atoms with Crippen molar-refractivity contribution in [3.63, 3.8) is 0 Å². The van der Waals surface area contributed by atoms with Gasteiger partial charge in [0.25, 0.3) is 0 Å². The lowest BCUT2D eigenvalue weighted by atomic mass is 10.2. The van der Waals surface area contributed by atoms with Crippen LogP contribution < -0.4 is 0 Å². The molecule has 0 saturated carbocycles. The highest BCUT2D eigenvalue weighted by Gasteiger charge is 2.25. The summed E-state index contributed by atoms with van der Waals surface area (Å²) >= 11 is 3.29. The zero-order chi connectivity index (χ0) is 15.6. The molecule has 21 heavy (non-hydrogen) atoms. The fraction of sp³-hybridized carbons (Fsp3) is 0.143. The van der Waals surface area contributed by atoms with Crippen molar-refractivity contribution in [2.24, 2.45) is 0 Å². The molecule has 7 heteroatoms. The Morgan fingerprint density at radius 2 is 1.86 bits per heavy atom. The summed E-state index contributed by atoms with van der Waals surface area (Å²) in [7, 11) is -2.78. The largest absolute Gasteiger partial charge is 0.246 e. The zero-order valence-electron chi connectivity index (χ0n) is 11.1. The van der Waals surface area contributed by atoms with Crippen LogP contribution in [0.5, 0.6) is 0 Å². The Morgan fingerprint density at radius 1 is 1.14 bits per heavy atom. The van der Waals surface area contributed by atoms with Crippen LogP contribution in [-0.4, -0.2) is 19.8 Å². The molecule has 0 bridgehead atoms. The van der Waals surface area contributed by atoms with Gasteiger partial charge >= 0.3 is 0 Å². The van der Waals surface area contributed by atoms with Gasteiger partial charge in [0.1, 0.15) is 16.5 Å². The van der Waals surface area contributed by atoms with Crippen molar-refractivity contribution in [3.05, 3.63) is 64.1 Å². The monoisotopic (exact) mass is 375 g/mol. The second kappa shape index (κ2) is 6.21. The van der Waals surface area contributed by atoms with Crippen molar-refractivity contribution in [2.75, 3.05) is 7.05 Å². The van der Waals surface area contributed by atoms with E-state index in [0.717, 1.165) is 26.5 Å². The number of hydrogen-bond acceptors (Lipinski definition) is 2. The number of hydrogen-bond donors (Lipinski definition) is 0. The van der Waals surface area contributed by atoms with Crippen LogP contribution in [0.25, 0.3) is 0 Å². The highest BCUT2D eigenvalue weighted by molar-refractivity contribution is 9.10. The first kappa shape index (κ1) is 16.1. The van der Waals surface area contributed by atoms with Gasteiger partial charge < -0.3 is 0 Å². The van der Waals surface area contributed by atoms with E-state index in [4.69, 9.17) is 0 Å². The van der Waals surface area contributed by atoms with Gasteiger partial charge in [0.15, 0.2) is 0 Å². The molecule has 0 aliphatic carbocycles. The molecule has 0 atom stereocenters. The summed E-state index contributed by atoms with van der Waals surface area (Å²) in [5.41, 5.74) is 0.729. The van der Waals surface area contributed by atoms with Crippen LogP contribution in [0, 0.1) is 11.6 Å². The van der Waals surface area contributed by atoms with Crippen molar-refractivity contribution >= 4 is 26.0 Å². The Balaban J connectivity index is 2.33. The normalized spacial score (nSPS) is 11.9. The van der Waals surface area contributed by atoms with Crippen LogP contribution in [0.2, 0.25) is 0 Å². The van der Waals surface area contributed by atoms with Gasteiger partial charge in [0, 0.05) is 18.1 Å². The van der Waals surface area contributed by atoms with E-state index >= 15 is 0 Å². The molecule has 0 spiro atoms. The third kappa shape index (κ3) is 3.66. The number of nitrogens with zero attached hydrogens (tertiary/aromatic N) is 1. The molecule has 3 nitrogen and oxygen atoms in total. The van der Waals surface area contributed by atoms with Gasteiger partial charge in [-0.3, -0.25) is 0 Å². The molecule has 0 saturated heterocycles. The molecule has 0 N–H and O–H groups in total. The van der Waals surface area contributed by atoms with E-state index in [2.05, 4.69) is 15.9 Å². The van der Waals surface area contributed by atoms with Gasteiger partial charge in [0.05, 0.1) is 0 Å². The van der Waals surface area contributed by atoms with Gasteiger partial charge in [-0.15, -0.1) is 0 Å². The van der Waals surface area contributed by atoms with Crippen molar-refractivity contribution in [1.29, 1.82) is 0 Å². The molecule has 112 valence electrons. The van der Waals surface area contributed by atoms with Crippen molar-refractivity contribution in [3.8, 4) is 0 Å². The summed E-state index contributed by atoms with van der Waals surface area (Å²) in [6.07, 6.45) is 0. The Hall–Kier alpha value is -1.31. The average Bonchev–Trinajstić information content (AvgIpc) is 2.41. The Bertz CT molecular complexity index is 765. The molecule has 2 rings (SSSR count). The fourth-order valence-electron chi connectivity index (χ4n) is 1.82. The summed E-state index contributed by atoms with van der Waals surface area (Å²) in [5.74, 6) is -1.77. The molecule has 0 aliphatic heterocycles. The lowest BCUT2D eigenvalue weighted by Crippen LogP contribution is -2.27. The summed E-state index contributed by atoms with van der Waals surface area (Å²) in [5, 5.41) is 0. The molecule has 0 unspecified atom stereocenters. The van der Waals surface area contributed by atoms with E-state index in [1.165, 1.54) is 7.05 Å². The Labute approximate surface area is 130 Å². The van der Waals surface area contributed by atoms with Gasteiger partial charge in [-0.2, -0.15) is 4.31 Å². The number of halogens is 3. The summed E-state index contributed by atoms with van der Waals surface area (Å²) < 4.78 is 53.2. The minimum atomic E-state index is -4.10. The van der Waals surface area contributed by atoms with E-state index in [0.29, 0.717) is 6.07 Å². The highest BCUT2D eigenvalue weighted by Crippen LogP contribution is 2.21. The van der Waals surface area contributed by atoms with Crippen LogP contribution in [0.3, 0.4) is 0 Å². The topological polar surface area (TPSA) is 37.4 Å². The lowest BCUT2D eigenvalue weighted by Gasteiger charge is -2.18. The summed E-state index contributed by atoms with van der Waals surface area (Å²) in [4.78, 5) is -0.667. The first-order chi connectivity index (χ1) is 9.80. The number of rotatable bonds is 4. The number of sulfonamides is 1. The second-order valence-corrected chi connectivity index (χ2v) is 7.39. The minimum absolute atomic E-state index is 0.0533. The van der Waals surface area contributed by atoms with E-state index in [1.54, 1.807) is 18.2 Å². The molecule has 0 aliphatic rings. The minimum Gasteiger partial charge on any atom is -0.207 e. The van der Waals surface area contributed by atoms with Crippen LogP contribution in [0.4, 0.5) is 8.78 Å². The zero-order valence-corrected chi connectivity index (χ0v) is 13.5. The highest BCUT2D eigenvalue weighted by atomic mass is 79.9. The van der Waals surface area contributed by atoms with E-state index < -0.39 is 26.6 Å². The predicted octanol–water partition coefficient (Wildman–Crippen LogP) is 3.55. The maximum absolute atomic E-state index is 13.6. The van der Waals surface area contributed by atoms with E-state index in [-0.39, 0.29) is 6.54 Å². The maximum Gasteiger partial charge on any atom is 0.246 e. The quantitative estimate of drug-likeness (QED) is 0.819. The van der Waals surface area contributed by atoms with Crippen molar-refractivity contribution < 1.29 is 17.2 Å². The average molecular weight is 376 g/mol. The lowest BCUT2D eigenvalue weighted by molar-refractivity contribution is 0.458. The molecule has 2 aromatic carbocycles. The molecular weight excluding hydrogens is 364 g/mol. The molecule has 0 aromatic heterocycles. The molecule has 0 radical (unpaired) electrons. The first-order valence-electron chi connectivity index (χ1n) is 5.96. The van der Waals surface area contributed by atoms with Crippen LogP contribution in [0.1, 0.15) is 5.56 Å². The second-order valence-electron chi connectivity index (χ2n) is 4.47. The molecule has 0 heterocycles. The third-order valence-electron chi connectivity index (χ3n) is 2.88. The SMILES string of the molecule is CN(Cc1cccc(Br)c1)S(=O)(=O)c1cc(F)ccc1F. The van der Waals surface area contributed by atoms with Gasteiger partial charge in [-0.05, 0) is 35.9 Å². The molecule has 2 aromatic rings. The van der Waals surface area contributed by atoms with Crippen molar-refractivity contribution in [2.45, 2.75) is 11.4 Å².